The summed E-state index contributed by atoms with van der Waals surface area (Å²) in [5, 5.41) is 12.0. The highest BCUT2D eigenvalue weighted by molar-refractivity contribution is 8.07. The van der Waals surface area contributed by atoms with Crippen molar-refractivity contribution in [1.82, 2.24) is 0 Å². The average molecular weight is 314 g/mol. The van der Waals surface area contributed by atoms with Crippen LogP contribution in [0.4, 0.5) is 0 Å². The van der Waals surface area contributed by atoms with Crippen molar-refractivity contribution in [1.29, 1.82) is 0 Å². The van der Waals surface area contributed by atoms with Gasteiger partial charge in [0.05, 0.1) is 20.3 Å². The summed E-state index contributed by atoms with van der Waals surface area (Å²) in [6.45, 7) is 4.48. The van der Waals surface area contributed by atoms with Gasteiger partial charge in [-0.25, -0.2) is 0 Å². The van der Waals surface area contributed by atoms with Crippen molar-refractivity contribution >= 4 is 23.5 Å². The van der Waals surface area contributed by atoms with Crippen LogP contribution in [-0.4, -0.2) is 40.8 Å². The summed E-state index contributed by atoms with van der Waals surface area (Å²) >= 11 is 3.82. The van der Waals surface area contributed by atoms with Crippen molar-refractivity contribution in [3.05, 3.63) is 23.8 Å². The molecular formula is C15H22O3S2. The Hall–Kier alpha value is -0.520. The maximum Gasteiger partial charge on any atom is 0.161 e. The second-order valence-electron chi connectivity index (χ2n) is 4.98. The van der Waals surface area contributed by atoms with Gasteiger partial charge in [-0.1, -0.05) is 19.9 Å². The molecule has 1 aromatic carbocycles. The normalized spacial score (nSPS) is 27.9. The third-order valence-corrected chi connectivity index (χ3v) is 7.16. The van der Waals surface area contributed by atoms with E-state index in [0.717, 1.165) is 11.3 Å². The topological polar surface area (TPSA) is 38.7 Å². The molecule has 3 nitrogen and oxygen atoms in total. The van der Waals surface area contributed by atoms with E-state index in [1.807, 2.05) is 41.7 Å². The van der Waals surface area contributed by atoms with Gasteiger partial charge in [0.15, 0.2) is 11.5 Å². The van der Waals surface area contributed by atoms with Crippen LogP contribution in [-0.2, 0) is 0 Å². The Morgan fingerprint density at radius 2 is 1.85 bits per heavy atom. The number of methoxy groups -OCH3 is 2. The molecule has 2 rings (SSSR count). The molecule has 1 fully saturated rings. The number of aliphatic hydroxyl groups is 1. The summed E-state index contributed by atoms with van der Waals surface area (Å²) in [6, 6.07) is 5.64. The second-order valence-corrected chi connectivity index (χ2v) is 8.01. The molecule has 1 N–H and O–H groups in total. The minimum absolute atomic E-state index is 0.226. The first-order valence-corrected chi connectivity index (χ1v) is 8.73. The fraction of sp³-hybridized carbons (Fsp3) is 0.600. The maximum absolute atomic E-state index is 10.6. The van der Waals surface area contributed by atoms with Gasteiger partial charge >= 0.3 is 0 Å². The van der Waals surface area contributed by atoms with Gasteiger partial charge < -0.3 is 14.6 Å². The molecule has 0 aromatic heterocycles. The number of hydrogen-bond acceptors (Lipinski definition) is 5. The molecule has 20 heavy (non-hydrogen) atoms. The minimum Gasteiger partial charge on any atom is -0.493 e. The first-order valence-electron chi connectivity index (χ1n) is 6.74. The summed E-state index contributed by atoms with van der Waals surface area (Å²) in [6.07, 6.45) is -0.470. The Labute approximate surface area is 129 Å². The summed E-state index contributed by atoms with van der Waals surface area (Å²) in [4.78, 5) is 0. The van der Waals surface area contributed by atoms with E-state index in [1.165, 1.54) is 0 Å². The quantitative estimate of drug-likeness (QED) is 0.922. The maximum atomic E-state index is 10.6. The van der Waals surface area contributed by atoms with Gasteiger partial charge in [0, 0.05) is 21.5 Å². The lowest BCUT2D eigenvalue weighted by atomic mass is 10.1. The van der Waals surface area contributed by atoms with E-state index in [4.69, 9.17) is 9.47 Å². The first kappa shape index (κ1) is 15.9. The molecule has 0 spiro atoms. The highest BCUT2D eigenvalue weighted by atomic mass is 32.2. The van der Waals surface area contributed by atoms with Crippen LogP contribution >= 0.6 is 23.5 Å². The molecule has 4 atom stereocenters. The van der Waals surface area contributed by atoms with E-state index in [0.29, 0.717) is 22.0 Å². The van der Waals surface area contributed by atoms with Crippen molar-refractivity contribution in [3.8, 4) is 11.5 Å². The molecule has 112 valence electrons. The number of thioether (sulfide) groups is 2. The Balaban J connectivity index is 2.14. The van der Waals surface area contributed by atoms with Crippen molar-refractivity contribution in [2.75, 3.05) is 20.0 Å². The molecular weight excluding hydrogens is 292 g/mol. The zero-order valence-electron chi connectivity index (χ0n) is 12.3. The van der Waals surface area contributed by atoms with E-state index in [2.05, 4.69) is 13.8 Å². The van der Waals surface area contributed by atoms with Crippen LogP contribution in [0.5, 0.6) is 11.5 Å². The van der Waals surface area contributed by atoms with Crippen LogP contribution in [0.1, 0.15) is 25.5 Å². The van der Waals surface area contributed by atoms with Gasteiger partial charge in [0.25, 0.3) is 0 Å². The molecule has 0 amide bonds. The lowest BCUT2D eigenvalue weighted by Crippen LogP contribution is -2.30. The van der Waals surface area contributed by atoms with Crippen LogP contribution < -0.4 is 9.47 Å². The number of benzene rings is 1. The van der Waals surface area contributed by atoms with Gasteiger partial charge in [-0.2, -0.15) is 23.5 Å². The van der Waals surface area contributed by atoms with E-state index >= 15 is 0 Å². The van der Waals surface area contributed by atoms with Gasteiger partial charge in [-0.3, -0.25) is 0 Å². The largest absolute Gasteiger partial charge is 0.493 e. The molecule has 0 bridgehead atoms. The molecule has 1 aliphatic rings. The molecule has 1 saturated heterocycles. The van der Waals surface area contributed by atoms with Gasteiger partial charge in [0.1, 0.15) is 0 Å². The summed E-state index contributed by atoms with van der Waals surface area (Å²) < 4.78 is 10.5. The monoisotopic (exact) mass is 314 g/mol. The van der Waals surface area contributed by atoms with Crippen molar-refractivity contribution in [2.24, 2.45) is 0 Å². The fourth-order valence-electron chi connectivity index (χ4n) is 2.22. The molecule has 0 radical (unpaired) electrons. The van der Waals surface area contributed by atoms with E-state index in [-0.39, 0.29) is 5.25 Å². The first-order chi connectivity index (χ1) is 9.56. The molecule has 5 heteroatoms. The third kappa shape index (κ3) is 3.38. The van der Waals surface area contributed by atoms with E-state index in [9.17, 15) is 5.11 Å². The summed E-state index contributed by atoms with van der Waals surface area (Å²) in [5.41, 5.74) is 0.891. The summed E-state index contributed by atoms with van der Waals surface area (Å²) in [7, 11) is 3.23. The Kier molecular flexibility index (Phi) is 5.52. The predicted molar refractivity (Wildman–Crippen MR) is 87.3 cm³/mol. The molecule has 1 aromatic rings. The number of aliphatic hydroxyl groups excluding tert-OH is 1. The molecule has 1 heterocycles. The van der Waals surface area contributed by atoms with Gasteiger partial charge in [-0.15, -0.1) is 0 Å². The third-order valence-electron chi connectivity index (χ3n) is 3.68. The number of hydrogen-bond donors (Lipinski definition) is 1. The zero-order valence-corrected chi connectivity index (χ0v) is 14.0. The Morgan fingerprint density at radius 1 is 1.15 bits per heavy atom. The fourth-order valence-corrected chi connectivity index (χ4v) is 5.23. The van der Waals surface area contributed by atoms with Crippen LogP contribution in [0.3, 0.4) is 0 Å². The average Bonchev–Trinajstić information content (AvgIpc) is 2.48. The molecule has 4 unspecified atom stereocenters. The smallest absolute Gasteiger partial charge is 0.161 e. The van der Waals surface area contributed by atoms with Gasteiger partial charge in [-0.05, 0) is 17.7 Å². The van der Waals surface area contributed by atoms with E-state index in [1.54, 1.807) is 14.2 Å². The molecule has 0 aliphatic carbocycles. The number of ether oxygens (including phenoxy) is 2. The highest BCUT2D eigenvalue weighted by Crippen LogP contribution is 2.42. The van der Waals surface area contributed by atoms with Crippen LogP contribution in [0.25, 0.3) is 0 Å². The van der Waals surface area contributed by atoms with E-state index < -0.39 is 6.10 Å². The van der Waals surface area contributed by atoms with Crippen LogP contribution in [0.15, 0.2) is 18.2 Å². The predicted octanol–water partition coefficient (Wildman–Crippen LogP) is 3.36. The van der Waals surface area contributed by atoms with Crippen LogP contribution in [0, 0.1) is 0 Å². The SMILES string of the molecule is COc1ccc(C(O)C2CSC(C)C(C)S2)cc1OC. The summed E-state index contributed by atoms with van der Waals surface area (Å²) in [5.74, 6) is 2.33. The number of rotatable bonds is 4. The molecule has 0 saturated carbocycles. The lowest BCUT2D eigenvalue weighted by molar-refractivity contribution is 0.179. The Morgan fingerprint density at radius 3 is 2.45 bits per heavy atom. The van der Waals surface area contributed by atoms with Crippen molar-refractivity contribution in [3.63, 3.8) is 0 Å². The molecule has 1 aliphatic heterocycles. The van der Waals surface area contributed by atoms with Crippen LogP contribution in [0.2, 0.25) is 0 Å². The van der Waals surface area contributed by atoms with Crippen molar-refractivity contribution < 1.29 is 14.6 Å². The van der Waals surface area contributed by atoms with Gasteiger partial charge in [0.2, 0.25) is 0 Å². The second kappa shape index (κ2) is 6.96. The van der Waals surface area contributed by atoms with Crippen molar-refractivity contribution in [2.45, 2.75) is 35.7 Å². The lowest BCUT2D eigenvalue weighted by Gasteiger charge is -2.34. The zero-order chi connectivity index (χ0) is 14.7. The minimum atomic E-state index is -0.470. The standard InChI is InChI=1S/C15H22O3S2/c1-9-10(2)20-14(8-19-9)15(16)11-5-6-12(17-3)13(7-11)18-4/h5-7,9-10,14-16H,8H2,1-4H3. The highest BCUT2D eigenvalue weighted by Gasteiger charge is 2.31. The Bertz CT molecular complexity index is 453.